The summed E-state index contributed by atoms with van der Waals surface area (Å²) in [4.78, 5) is 0. The molecule has 1 saturated carbocycles. The van der Waals surface area contributed by atoms with Crippen molar-refractivity contribution in [3.63, 3.8) is 0 Å². The SMILES string of the molecule is COc1cc(C(N)C2CCC(C)CC2)nn1C. The molecule has 0 radical (unpaired) electrons. The van der Waals surface area contributed by atoms with E-state index < -0.39 is 0 Å². The van der Waals surface area contributed by atoms with Gasteiger partial charge in [-0.3, -0.25) is 0 Å². The Labute approximate surface area is 103 Å². The van der Waals surface area contributed by atoms with Gasteiger partial charge in [0, 0.05) is 13.1 Å². The average Bonchev–Trinajstić information content (AvgIpc) is 2.70. The number of aromatic nitrogens is 2. The number of aryl methyl sites for hydroxylation is 1. The first kappa shape index (κ1) is 12.4. The molecule has 17 heavy (non-hydrogen) atoms. The number of hydrogen-bond donors (Lipinski definition) is 1. The minimum atomic E-state index is 0.0533. The lowest BCUT2D eigenvalue weighted by atomic mass is 9.79. The molecule has 1 aliphatic carbocycles. The Kier molecular flexibility index (Phi) is 3.72. The quantitative estimate of drug-likeness (QED) is 0.877. The third-order valence-electron chi connectivity index (χ3n) is 3.97. The summed E-state index contributed by atoms with van der Waals surface area (Å²) in [7, 11) is 3.55. The topological polar surface area (TPSA) is 53.1 Å². The maximum Gasteiger partial charge on any atom is 0.211 e. The summed E-state index contributed by atoms with van der Waals surface area (Å²) < 4.78 is 6.98. The number of methoxy groups -OCH3 is 1. The van der Waals surface area contributed by atoms with Gasteiger partial charge in [-0.2, -0.15) is 5.10 Å². The molecule has 1 aliphatic rings. The minimum Gasteiger partial charge on any atom is -0.481 e. The molecule has 2 rings (SSSR count). The van der Waals surface area contributed by atoms with E-state index in [1.165, 1.54) is 25.7 Å². The van der Waals surface area contributed by atoms with Gasteiger partial charge < -0.3 is 10.5 Å². The second-order valence-electron chi connectivity index (χ2n) is 5.28. The predicted octanol–water partition coefficient (Wildman–Crippen LogP) is 2.25. The molecule has 4 heteroatoms. The Hall–Kier alpha value is -1.03. The Morgan fingerprint density at radius 2 is 2.06 bits per heavy atom. The van der Waals surface area contributed by atoms with Crippen molar-refractivity contribution >= 4 is 0 Å². The molecule has 1 aromatic rings. The molecule has 1 atom stereocenters. The lowest BCUT2D eigenvalue weighted by molar-refractivity contribution is 0.253. The predicted molar refractivity (Wildman–Crippen MR) is 67.8 cm³/mol. The van der Waals surface area contributed by atoms with Crippen LogP contribution in [-0.2, 0) is 7.05 Å². The number of ether oxygens (including phenoxy) is 1. The van der Waals surface area contributed by atoms with Gasteiger partial charge in [0.2, 0.25) is 5.88 Å². The maximum atomic E-state index is 6.32. The van der Waals surface area contributed by atoms with Crippen LogP contribution in [0.25, 0.3) is 0 Å². The standard InChI is InChI=1S/C13H23N3O/c1-9-4-6-10(7-5-9)13(14)11-8-12(17-3)16(2)15-11/h8-10,13H,4-7,14H2,1-3H3. The zero-order valence-corrected chi connectivity index (χ0v) is 11.0. The van der Waals surface area contributed by atoms with Gasteiger partial charge in [0.05, 0.1) is 18.8 Å². The van der Waals surface area contributed by atoms with Crippen LogP contribution in [-0.4, -0.2) is 16.9 Å². The van der Waals surface area contributed by atoms with E-state index in [1.807, 2.05) is 13.1 Å². The fraction of sp³-hybridized carbons (Fsp3) is 0.769. The molecule has 0 aliphatic heterocycles. The van der Waals surface area contributed by atoms with E-state index in [0.29, 0.717) is 5.92 Å². The summed E-state index contributed by atoms with van der Waals surface area (Å²) in [6.45, 7) is 2.32. The molecular formula is C13H23N3O. The molecule has 1 aromatic heterocycles. The van der Waals surface area contributed by atoms with Crippen molar-refractivity contribution in [3.8, 4) is 5.88 Å². The van der Waals surface area contributed by atoms with Gasteiger partial charge in [-0.1, -0.05) is 19.8 Å². The lowest BCUT2D eigenvalue weighted by Crippen LogP contribution is -2.25. The summed E-state index contributed by atoms with van der Waals surface area (Å²) in [5.74, 6) is 2.21. The van der Waals surface area contributed by atoms with Crippen molar-refractivity contribution in [1.82, 2.24) is 9.78 Å². The highest BCUT2D eigenvalue weighted by Gasteiger charge is 2.26. The van der Waals surface area contributed by atoms with Crippen LogP contribution in [0.1, 0.15) is 44.3 Å². The highest BCUT2D eigenvalue weighted by atomic mass is 16.5. The number of nitrogens with two attached hydrogens (primary N) is 1. The largest absolute Gasteiger partial charge is 0.481 e. The molecule has 0 aromatic carbocycles. The lowest BCUT2D eigenvalue weighted by Gasteiger charge is -2.29. The second kappa shape index (κ2) is 5.08. The molecule has 96 valence electrons. The van der Waals surface area contributed by atoms with E-state index in [9.17, 15) is 0 Å². The summed E-state index contributed by atoms with van der Waals surface area (Å²) in [6, 6.07) is 2.01. The molecule has 0 bridgehead atoms. The van der Waals surface area contributed by atoms with E-state index in [1.54, 1.807) is 11.8 Å². The Morgan fingerprint density at radius 3 is 2.59 bits per heavy atom. The van der Waals surface area contributed by atoms with Crippen molar-refractivity contribution in [2.24, 2.45) is 24.6 Å². The number of hydrogen-bond acceptors (Lipinski definition) is 3. The minimum absolute atomic E-state index is 0.0533. The van der Waals surface area contributed by atoms with Crippen molar-refractivity contribution in [2.45, 2.75) is 38.6 Å². The van der Waals surface area contributed by atoms with Gasteiger partial charge in [0.1, 0.15) is 0 Å². The molecule has 1 heterocycles. The third-order valence-corrected chi connectivity index (χ3v) is 3.97. The normalized spacial score (nSPS) is 26.8. The number of rotatable bonds is 3. The molecule has 4 nitrogen and oxygen atoms in total. The Balaban J connectivity index is 2.05. The van der Waals surface area contributed by atoms with Gasteiger partial charge in [-0.25, -0.2) is 4.68 Å². The maximum absolute atomic E-state index is 6.32. The van der Waals surface area contributed by atoms with Gasteiger partial charge in [0.25, 0.3) is 0 Å². The molecule has 0 spiro atoms. The van der Waals surface area contributed by atoms with Gasteiger partial charge in [-0.05, 0) is 24.7 Å². The summed E-state index contributed by atoms with van der Waals surface area (Å²) >= 11 is 0. The first-order chi connectivity index (χ1) is 8.11. The van der Waals surface area contributed by atoms with Crippen LogP contribution in [0.4, 0.5) is 0 Å². The summed E-state index contributed by atoms with van der Waals surface area (Å²) in [6.07, 6.45) is 5.03. The fourth-order valence-electron chi connectivity index (χ4n) is 2.71. The molecule has 1 unspecified atom stereocenters. The van der Waals surface area contributed by atoms with Crippen molar-refractivity contribution in [3.05, 3.63) is 11.8 Å². The van der Waals surface area contributed by atoms with Crippen molar-refractivity contribution < 1.29 is 4.74 Å². The summed E-state index contributed by atoms with van der Waals surface area (Å²) in [5, 5.41) is 4.44. The molecule has 2 N–H and O–H groups in total. The van der Waals surface area contributed by atoms with E-state index in [4.69, 9.17) is 10.5 Å². The molecular weight excluding hydrogens is 214 g/mol. The van der Waals surface area contributed by atoms with E-state index in [-0.39, 0.29) is 6.04 Å². The van der Waals surface area contributed by atoms with Crippen LogP contribution >= 0.6 is 0 Å². The molecule has 0 amide bonds. The smallest absolute Gasteiger partial charge is 0.211 e. The zero-order chi connectivity index (χ0) is 12.4. The van der Waals surface area contributed by atoms with Crippen LogP contribution in [0.15, 0.2) is 6.07 Å². The van der Waals surface area contributed by atoms with Crippen molar-refractivity contribution in [1.29, 1.82) is 0 Å². The van der Waals surface area contributed by atoms with Crippen LogP contribution in [0.2, 0.25) is 0 Å². The fourth-order valence-corrected chi connectivity index (χ4v) is 2.71. The van der Waals surface area contributed by atoms with Crippen LogP contribution in [0, 0.1) is 11.8 Å². The summed E-state index contributed by atoms with van der Waals surface area (Å²) in [5.41, 5.74) is 7.28. The molecule has 1 fully saturated rings. The second-order valence-corrected chi connectivity index (χ2v) is 5.28. The van der Waals surface area contributed by atoms with E-state index in [0.717, 1.165) is 17.5 Å². The first-order valence-electron chi connectivity index (χ1n) is 6.45. The van der Waals surface area contributed by atoms with E-state index >= 15 is 0 Å². The highest BCUT2D eigenvalue weighted by molar-refractivity contribution is 5.19. The average molecular weight is 237 g/mol. The number of nitrogens with zero attached hydrogens (tertiary/aromatic N) is 2. The van der Waals surface area contributed by atoms with Crippen molar-refractivity contribution in [2.75, 3.05) is 7.11 Å². The Morgan fingerprint density at radius 1 is 1.41 bits per heavy atom. The van der Waals surface area contributed by atoms with Gasteiger partial charge in [-0.15, -0.1) is 0 Å². The van der Waals surface area contributed by atoms with Gasteiger partial charge >= 0.3 is 0 Å². The highest BCUT2D eigenvalue weighted by Crippen LogP contribution is 2.35. The third kappa shape index (κ3) is 2.63. The Bertz CT molecular complexity index is 367. The van der Waals surface area contributed by atoms with E-state index in [2.05, 4.69) is 12.0 Å². The van der Waals surface area contributed by atoms with Gasteiger partial charge in [0.15, 0.2) is 0 Å². The molecule has 0 saturated heterocycles. The monoisotopic (exact) mass is 237 g/mol. The van der Waals surface area contributed by atoms with Crippen LogP contribution in [0.5, 0.6) is 5.88 Å². The first-order valence-corrected chi connectivity index (χ1v) is 6.45. The van der Waals surface area contributed by atoms with Crippen LogP contribution in [0.3, 0.4) is 0 Å². The van der Waals surface area contributed by atoms with Crippen LogP contribution < -0.4 is 10.5 Å². The zero-order valence-electron chi connectivity index (χ0n) is 11.0.